The third-order valence-corrected chi connectivity index (χ3v) is 4.68. The second-order valence-corrected chi connectivity index (χ2v) is 6.34. The van der Waals surface area contributed by atoms with Crippen molar-refractivity contribution in [2.75, 3.05) is 12.3 Å². The van der Waals surface area contributed by atoms with E-state index in [4.69, 9.17) is 16.7 Å². The van der Waals surface area contributed by atoms with Crippen LogP contribution in [0.3, 0.4) is 0 Å². The Balaban J connectivity index is 3.41. The molecule has 0 heterocycles. The molecule has 0 atom stereocenters. The standard InChI is InChI=1S/C12H16N4O3S/c1-8(2)16(7-12(15)17)20(18,19)11-4-3-10(14)5-9(11)6-13/h3-5,8H,7,14H2,1-2H3,(H2,15,17). The number of carbonyl (C=O) groups is 1. The van der Waals surface area contributed by atoms with E-state index in [0.717, 1.165) is 4.31 Å². The second kappa shape index (κ2) is 5.90. The molecule has 1 aromatic carbocycles. The number of amides is 1. The highest BCUT2D eigenvalue weighted by Crippen LogP contribution is 2.23. The zero-order chi connectivity index (χ0) is 15.5. The molecule has 1 aromatic rings. The van der Waals surface area contributed by atoms with E-state index in [9.17, 15) is 13.2 Å². The zero-order valence-corrected chi connectivity index (χ0v) is 12.0. The number of nitrogens with two attached hydrogens (primary N) is 2. The van der Waals surface area contributed by atoms with Crippen LogP contribution in [-0.4, -0.2) is 31.2 Å². The van der Waals surface area contributed by atoms with Crippen LogP contribution in [0.2, 0.25) is 0 Å². The van der Waals surface area contributed by atoms with Crippen LogP contribution in [0.15, 0.2) is 23.1 Å². The molecular formula is C12H16N4O3S. The van der Waals surface area contributed by atoms with Gasteiger partial charge in [-0.25, -0.2) is 8.42 Å². The second-order valence-electron chi connectivity index (χ2n) is 4.48. The number of nitrogens with zero attached hydrogens (tertiary/aromatic N) is 2. The van der Waals surface area contributed by atoms with Gasteiger partial charge in [-0.1, -0.05) is 0 Å². The minimum absolute atomic E-state index is 0.0693. The number of sulfonamides is 1. The van der Waals surface area contributed by atoms with Crippen molar-refractivity contribution in [3.63, 3.8) is 0 Å². The SMILES string of the molecule is CC(C)N(CC(N)=O)S(=O)(=O)c1ccc(N)cc1C#N. The van der Waals surface area contributed by atoms with Crippen molar-refractivity contribution < 1.29 is 13.2 Å². The number of benzene rings is 1. The number of rotatable bonds is 5. The molecular weight excluding hydrogens is 280 g/mol. The van der Waals surface area contributed by atoms with Gasteiger partial charge in [0.25, 0.3) is 0 Å². The molecule has 0 aliphatic carbocycles. The van der Waals surface area contributed by atoms with Gasteiger partial charge in [0.05, 0.1) is 12.1 Å². The van der Waals surface area contributed by atoms with Crippen LogP contribution >= 0.6 is 0 Å². The van der Waals surface area contributed by atoms with Gasteiger partial charge in [-0.3, -0.25) is 4.79 Å². The fourth-order valence-electron chi connectivity index (χ4n) is 1.68. The summed E-state index contributed by atoms with van der Waals surface area (Å²) in [6, 6.07) is 5.22. The minimum atomic E-state index is -4.00. The summed E-state index contributed by atoms with van der Waals surface area (Å²) in [5.41, 5.74) is 10.8. The lowest BCUT2D eigenvalue weighted by atomic mass is 10.2. The molecule has 20 heavy (non-hydrogen) atoms. The number of nitriles is 1. The van der Waals surface area contributed by atoms with Crippen LogP contribution < -0.4 is 11.5 Å². The van der Waals surface area contributed by atoms with Crippen LogP contribution in [0.1, 0.15) is 19.4 Å². The lowest BCUT2D eigenvalue weighted by Crippen LogP contribution is -2.42. The third kappa shape index (κ3) is 3.26. The molecule has 8 heteroatoms. The maximum atomic E-state index is 12.5. The van der Waals surface area contributed by atoms with Gasteiger partial charge in [0.15, 0.2) is 0 Å². The van der Waals surface area contributed by atoms with Crippen molar-refractivity contribution in [3.8, 4) is 6.07 Å². The fourth-order valence-corrected chi connectivity index (χ4v) is 3.41. The molecule has 0 aromatic heterocycles. The van der Waals surface area contributed by atoms with E-state index >= 15 is 0 Å². The summed E-state index contributed by atoms with van der Waals surface area (Å²) >= 11 is 0. The minimum Gasteiger partial charge on any atom is -0.399 e. The van der Waals surface area contributed by atoms with Crippen LogP contribution in [0, 0.1) is 11.3 Å². The molecule has 4 N–H and O–H groups in total. The predicted molar refractivity (Wildman–Crippen MR) is 73.8 cm³/mol. The largest absolute Gasteiger partial charge is 0.399 e. The Morgan fingerprint density at radius 1 is 1.45 bits per heavy atom. The summed E-state index contributed by atoms with van der Waals surface area (Å²) in [4.78, 5) is 10.8. The van der Waals surface area contributed by atoms with Gasteiger partial charge in [-0.05, 0) is 32.0 Å². The van der Waals surface area contributed by atoms with E-state index in [2.05, 4.69) is 0 Å². The summed E-state index contributed by atoms with van der Waals surface area (Å²) in [5, 5.41) is 9.03. The Morgan fingerprint density at radius 2 is 2.05 bits per heavy atom. The average molecular weight is 296 g/mol. The summed E-state index contributed by atoms with van der Waals surface area (Å²) in [7, 11) is -4.00. The Bertz CT molecular complexity index is 662. The van der Waals surface area contributed by atoms with Gasteiger partial charge in [-0.15, -0.1) is 0 Å². The van der Waals surface area contributed by atoms with Crippen molar-refractivity contribution in [2.45, 2.75) is 24.8 Å². The molecule has 108 valence electrons. The number of anilines is 1. The summed E-state index contributed by atoms with van der Waals surface area (Å²) in [6.07, 6.45) is 0. The van der Waals surface area contributed by atoms with E-state index in [1.165, 1.54) is 18.2 Å². The Labute approximate surface area is 117 Å². The smallest absolute Gasteiger partial charge is 0.245 e. The average Bonchev–Trinajstić information content (AvgIpc) is 2.34. The Morgan fingerprint density at radius 3 is 2.50 bits per heavy atom. The van der Waals surface area contributed by atoms with E-state index in [1.807, 2.05) is 0 Å². The molecule has 1 rings (SSSR count). The van der Waals surface area contributed by atoms with Gasteiger partial charge in [0.1, 0.15) is 11.0 Å². The highest BCUT2D eigenvalue weighted by molar-refractivity contribution is 7.89. The third-order valence-electron chi connectivity index (χ3n) is 2.60. The van der Waals surface area contributed by atoms with Gasteiger partial charge in [0, 0.05) is 11.7 Å². The van der Waals surface area contributed by atoms with E-state index in [-0.39, 0.29) is 16.1 Å². The van der Waals surface area contributed by atoms with Crippen LogP contribution in [0.4, 0.5) is 5.69 Å². The number of carbonyl (C=O) groups excluding carboxylic acids is 1. The van der Waals surface area contributed by atoms with Gasteiger partial charge < -0.3 is 11.5 Å². The molecule has 0 aliphatic heterocycles. The summed E-state index contributed by atoms with van der Waals surface area (Å²) in [6.45, 7) is 2.78. The summed E-state index contributed by atoms with van der Waals surface area (Å²) < 4.78 is 26.0. The molecule has 0 radical (unpaired) electrons. The first-order valence-electron chi connectivity index (χ1n) is 5.80. The highest BCUT2D eigenvalue weighted by Gasteiger charge is 2.30. The van der Waals surface area contributed by atoms with E-state index in [1.54, 1.807) is 19.9 Å². The van der Waals surface area contributed by atoms with Crippen molar-refractivity contribution in [2.24, 2.45) is 5.73 Å². The first-order valence-corrected chi connectivity index (χ1v) is 7.24. The lowest BCUT2D eigenvalue weighted by Gasteiger charge is -2.25. The predicted octanol–water partition coefficient (Wildman–Crippen LogP) is 0.0249. The molecule has 7 nitrogen and oxygen atoms in total. The Kier molecular flexibility index (Phi) is 4.70. The topological polar surface area (TPSA) is 130 Å². The number of primary amides is 1. The maximum Gasteiger partial charge on any atom is 0.245 e. The Hall–Kier alpha value is -2.11. The van der Waals surface area contributed by atoms with Gasteiger partial charge >= 0.3 is 0 Å². The van der Waals surface area contributed by atoms with E-state index in [0.29, 0.717) is 0 Å². The van der Waals surface area contributed by atoms with Crippen molar-refractivity contribution >= 4 is 21.6 Å². The molecule has 0 spiro atoms. The van der Waals surface area contributed by atoms with Crippen molar-refractivity contribution in [1.82, 2.24) is 4.31 Å². The number of nitrogen functional groups attached to an aromatic ring is 1. The first kappa shape index (κ1) is 15.9. The summed E-state index contributed by atoms with van der Waals surface area (Å²) in [5.74, 6) is -0.767. The lowest BCUT2D eigenvalue weighted by molar-refractivity contribution is -0.118. The van der Waals surface area contributed by atoms with Crippen LogP contribution in [0.5, 0.6) is 0 Å². The first-order chi connectivity index (χ1) is 9.20. The highest BCUT2D eigenvalue weighted by atomic mass is 32.2. The van der Waals surface area contributed by atoms with E-state index < -0.39 is 28.5 Å². The molecule has 1 amide bonds. The molecule has 0 unspecified atom stereocenters. The zero-order valence-electron chi connectivity index (χ0n) is 11.2. The van der Waals surface area contributed by atoms with Gasteiger partial charge in [-0.2, -0.15) is 9.57 Å². The molecule has 0 saturated carbocycles. The quantitative estimate of drug-likeness (QED) is 0.740. The molecule has 0 fully saturated rings. The molecule has 0 saturated heterocycles. The van der Waals surface area contributed by atoms with Crippen LogP contribution in [0.25, 0.3) is 0 Å². The molecule has 0 aliphatic rings. The molecule has 0 bridgehead atoms. The van der Waals surface area contributed by atoms with Crippen molar-refractivity contribution in [3.05, 3.63) is 23.8 Å². The van der Waals surface area contributed by atoms with Crippen LogP contribution in [-0.2, 0) is 14.8 Å². The fraction of sp³-hybridized carbons (Fsp3) is 0.333. The van der Waals surface area contributed by atoms with Crippen molar-refractivity contribution in [1.29, 1.82) is 5.26 Å². The van der Waals surface area contributed by atoms with Gasteiger partial charge in [0.2, 0.25) is 15.9 Å². The number of hydrogen-bond donors (Lipinski definition) is 2. The monoisotopic (exact) mass is 296 g/mol. The normalized spacial score (nSPS) is 11.6. The maximum absolute atomic E-state index is 12.5. The number of hydrogen-bond acceptors (Lipinski definition) is 5.